The van der Waals surface area contributed by atoms with Crippen LogP contribution in [-0.2, 0) is 18.5 Å². The fraction of sp³-hybridized carbons (Fsp3) is 0.857. The van der Waals surface area contributed by atoms with Crippen LogP contribution in [0.3, 0.4) is 0 Å². The molecule has 0 aliphatic rings. The molecule has 0 aliphatic carbocycles. The Bertz CT molecular complexity index is 235. The Labute approximate surface area is 93.4 Å². The summed E-state index contributed by atoms with van der Waals surface area (Å²) in [6, 6.07) is 0. The van der Waals surface area contributed by atoms with E-state index in [1.165, 1.54) is 0 Å². The summed E-state index contributed by atoms with van der Waals surface area (Å²) in [6.07, 6.45) is 0. The van der Waals surface area contributed by atoms with Gasteiger partial charge in [0.25, 0.3) is 0 Å². The average molecular weight is 257 g/mol. The van der Waals surface area contributed by atoms with Gasteiger partial charge in [-0.15, -0.1) is 0 Å². The number of thioether (sulfide) groups is 1. The van der Waals surface area contributed by atoms with Crippen LogP contribution in [0.15, 0.2) is 0 Å². The lowest BCUT2D eigenvalue weighted by Crippen LogP contribution is -2.26. The summed E-state index contributed by atoms with van der Waals surface area (Å²) >= 11 is 1.02. The maximum absolute atomic E-state index is 11.4. The molecule has 0 saturated carbocycles. The summed E-state index contributed by atoms with van der Waals surface area (Å²) in [5.74, 6) is 4.96. The molecule has 0 rings (SSSR count). The maximum atomic E-state index is 11.4. The second-order valence-corrected chi connectivity index (χ2v) is 5.49. The Kier molecular flexibility index (Phi) is 7.42. The first kappa shape index (κ1) is 15.1. The average Bonchev–Trinajstić information content (AvgIpc) is 2.23. The van der Waals surface area contributed by atoms with E-state index in [1.807, 2.05) is 0 Å². The number of carbonyl (C=O) groups is 1. The van der Waals surface area contributed by atoms with Crippen molar-refractivity contribution < 1.29 is 23.6 Å². The van der Waals surface area contributed by atoms with Crippen molar-refractivity contribution in [3.63, 3.8) is 0 Å². The fourth-order valence-electron chi connectivity index (χ4n) is 0.553. The van der Waals surface area contributed by atoms with Gasteiger partial charge in [0.05, 0.1) is 18.6 Å². The van der Waals surface area contributed by atoms with Gasteiger partial charge in [0.15, 0.2) is 5.12 Å². The van der Waals surface area contributed by atoms with Crippen LogP contribution in [-0.4, -0.2) is 29.2 Å². The molecule has 90 valence electrons. The zero-order valence-corrected chi connectivity index (χ0v) is 10.5. The normalized spacial score (nSPS) is 13.9. The highest BCUT2D eigenvalue weighted by molar-refractivity contribution is 8.13. The largest absolute Gasteiger partial charge is 0.395 e. The van der Waals surface area contributed by atoms with E-state index in [0.717, 1.165) is 11.8 Å². The van der Waals surface area contributed by atoms with Gasteiger partial charge in [0.2, 0.25) is 0 Å². The van der Waals surface area contributed by atoms with E-state index in [-0.39, 0.29) is 18.3 Å². The number of nitrogens with two attached hydrogens (primary N) is 1. The summed E-state index contributed by atoms with van der Waals surface area (Å²) in [5, 5.41) is 8.76. The smallest absolute Gasteiger partial charge is 0.335 e. The van der Waals surface area contributed by atoms with Gasteiger partial charge >= 0.3 is 8.25 Å². The van der Waals surface area contributed by atoms with Gasteiger partial charge in [-0.25, -0.2) is 10.5 Å². The molecule has 0 saturated heterocycles. The predicted molar refractivity (Wildman–Crippen MR) is 58.6 cm³/mol. The molecule has 8 heteroatoms. The van der Waals surface area contributed by atoms with E-state index in [0.29, 0.717) is 5.75 Å². The van der Waals surface area contributed by atoms with E-state index >= 15 is 0 Å². The van der Waals surface area contributed by atoms with Crippen LogP contribution in [0.5, 0.6) is 0 Å². The monoisotopic (exact) mass is 257 g/mol. The number of hydrogen-bond donors (Lipinski definition) is 2. The first-order valence-electron chi connectivity index (χ1n) is 4.25. The first-order valence-corrected chi connectivity index (χ1v) is 6.46. The SMILES string of the molecule is CC(C)(CO)C(=O)SCCO[PH](=O)ON. The van der Waals surface area contributed by atoms with Gasteiger partial charge in [-0.2, -0.15) is 0 Å². The minimum absolute atomic E-state index is 0.118. The number of rotatable bonds is 7. The van der Waals surface area contributed by atoms with Crippen molar-refractivity contribution in [3.8, 4) is 0 Å². The van der Waals surface area contributed by atoms with E-state index in [2.05, 4.69) is 15.0 Å². The van der Waals surface area contributed by atoms with Crippen molar-refractivity contribution in [2.45, 2.75) is 13.8 Å². The molecular formula is C7H16NO5PS. The van der Waals surface area contributed by atoms with Gasteiger partial charge in [-0.05, 0) is 13.8 Å². The van der Waals surface area contributed by atoms with Gasteiger partial charge in [-0.1, -0.05) is 11.8 Å². The molecule has 1 atom stereocenters. The Morgan fingerprint density at radius 3 is 2.67 bits per heavy atom. The zero-order chi connectivity index (χ0) is 11.9. The zero-order valence-electron chi connectivity index (χ0n) is 8.69. The fourth-order valence-corrected chi connectivity index (χ4v) is 1.85. The highest BCUT2D eigenvalue weighted by atomic mass is 32.2. The lowest BCUT2D eigenvalue weighted by molar-refractivity contribution is -0.119. The van der Waals surface area contributed by atoms with E-state index in [1.54, 1.807) is 13.8 Å². The summed E-state index contributed by atoms with van der Waals surface area (Å²) < 4.78 is 19.2. The van der Waals surface area contributed by atoms with Crippen molar-refractivity contribution in [1.82, 2.24) is 0 Å². The maximum Gasteiger partial charge on any atom is 0.335 e. The van der Waals surface area contributed by atoms with Crippen molar-refractivity contribution >= 4 is 25.1 Å². The van der Waals surface area contributed by atoms with Crippen LogP contribution < -0.4 is 5.90 Å². The summed E-state index contributed by atoms with van der Waals surface area (Å²) in [6.45, 7) is 3.21. The Balaban J connectivity index is 3.69. The molecule has 0 amide bonds. The van der Waals surface area contributed by atoms with Crippen molar-refractivity contribution in [3.05, 3.63) is 0 Å². The molecule has 0 aromatic heterocycles. The third kappa shape index (κ3) is 6.29. The van der Waals surface area contributed by atoms with E-state index in [9.17, 15) is 9.36 Å². The van der Waals surface area contributed by atoms with Crippen molar-refractivity contribution in [2.24, 2.45) is 11.3 Å². The Morgan fingerprint density at radius 1 is 1.60 bits per heavy atom. The van der Waals surface area contributed by atoms with Crippen molar-refractivity contribution in [2.75, 3.05) is 19.0 Å². The lowest BCUT2D eigenvalue weighted by atomic mass is 9.97. The third-order valence-electron chi connectivity index (χ3n) is 1.58. The van der Waals surface area contributed by atoms with Crippen LogP contribution >= 0.6 is 20.0 Å². The van der Waals surface area contributed by atoms with Crippen LogP contribution in [0.1, 0.15) is 13.8 Å². The van der Waals surface area contributed by atoms with Crippen LogP contribution in [0.4, 0.5) is 0 Å². The predicted octanol–water partition coefficient (Wildman–Crippen LogP) is 0.561. The molecule has 0 spiro atoms. The summed E-state index contributed by atoms with van der Waals surface area (Å²) in [4.78, 5) is 11.4. The number of carbonyl (C=O) groups excluding carboxylic acids is 1. The molecule has 1 unspecified atom stereocenters. The molecule has 0 bridgehead atoms. The Hall–Kier alpha value is 0.0900. The molecule has 0 fully saturated rings. The van der Waals surface area contributed by atoms with Gasteiger partial charge in [0.1, 0.15) is 0 Å². The minimum atomic E-state index is -2.61. The highest BCUT2D eigenvalue weighted by Crippen LogP contribution is 2.25. The standard InChI is InChI=1S/C7H16NO5PS/c1-7(2,5-9)6(10)15-4-3-12-14(11)13-8/h9,14H,3-5,8H2,1-2H3. The number of hydrogen-bond acceptors (Lipinski definition) is 7. The van der Waals surface area contributed by atoms with Crippen LogP contribution in [0.2, 0.25) is 0 Å². The lowest BCUT2D eigenvalue weighted by Gasteiger charge is -2.18. The minimum Gasteiger partial charge on any atom is -0.395 e. The molecule has 15 heavy (non-hydrogen) atoms. The summed E-state index contributed by atoms with van der Waals surface area (Å²) in [5.41, 5.74) is -0.764. The topological polar surface area (TPSA) is 98.8 Å². The van der Waals surface area contributed by atoms with Gasteiger partial charge in [-0.3, -0.25) is 9.36 Å². The molecular weight excluding hydrogens is 241 g/mol. The highest BCUT2D eigenvalue weighted by Gasteiger charge is 2.26. The second-order valence-electron chi connectivity index (χ2n) is 3.39. The van der Waals surface area contributed by atoms with Crippen LogP contribution in [0.25, 0.3) is 0 Å². The molecule has 0 aromatic rings. The third-order valence-corrected chi connectivity index (χ3v) is 3.40. The van der Waals surface area contributed by atoms with Gasteiger partial charge < -0.3 is 9.63 Å². The molecule has 0 aliphatic heterocycles. The number of aliphatic hydroxyl groups is 1. The number of aliphatic hydroxyl groups excluding tert-OH is 1. The van der Waals surface area contributed by atoms with E-state index in [4.69, 9.17) is 5.11 Å². The first-order chi connectivity index (χ1) is 6.94. The van der Waals surface area contributed by atoms with Gasteiger partial charge in [0, 0.05) is 5.75 Å². The van der Waals surface area contributed by atoms with Crippen LogP contribution in [0, 0.1) is 5.41 Å². The van der Waals surface area contributed by atoms with Crippen molar-refractivity contribution in [1.29, 1.82) is 0 Å². The van der Waals surface area contributed by atoms with E-state index < -0.39 is 13.7 Å². The second kappa shape index (κ2) is 7.38. The molecule has 0 radical (unpaired) electrons. The quantitative estimate of drug-likeness (QED) is 0.390. The Morgan fingerprint density at radius 2 is 2.20 bits per heavy atom. The molecule has 0 heterocycles. The molecule has 6 nitrogen and oxygen atoms in total. The molecule has 0 aromatic carbocycles. The summed E-state index contributed by atoms with van der Waals surface area (Å²) in [7, 11) is -2.61. The molecule has 3 N–H and O–H groups in total.